The van der Waals surface area contributed by atoms with Crippen molar-refractivity contribution in [3.8, 4) is 0 Å². The lowest BCUT2D eigenvalue weighted by molar-refractivity contribution is -0.151. The van der Waals surface area contributed by atoms with Crippen LogP contribution in [0.4, 0.5) is 0 Å². The van der Waals surface area contributed by atoms with E-state index in [1.165, 1.54) is 17.2 Å². The molecule has 0 radical (unpaired) electrons. The molecule has 3 heteroatoms. The Morgan fingerprint density at radius 3 is 2.61 bits per heavy atom. The van der Waals surface area contributed by atoms with Crippen molar-refractivity contribution in [1.29, 1.82) is 0 Å². The highest BCUT2D eigenvalue weighted by Gasteiger charge is 2.22. The van der Waals surface area contributed by atoms with Crippen LogP contribution in [0.15, 0.2) is 34.9 Å². The number of rotatable bonds is 6. The Bertz CT molecular complexity index is 385. The molecule has 1 aliphatic heterocycles. The molecule has 0 aliphatic carbocycles. The Labute approximate surface area is 109 Å². The summed E-state index contributed by atoms with van der Waals surface area (Å²) in [6, 6.07) is 0. The lowest BCUT2D eigenvalue weighted by atomic mass is 10.1. The minimum Gasteiger partial charge on any atom is -0.429 e. The van der Waals surface area contributed by atoms with Crippen molar-refractivity contribution in [2.75, 3.05) is 0 Å². The predicted molar refractivity (Wildman–Crippen MR) is 71.8 cm³/mol. The molecule has 0 spiro atoms. The van der Waals surface area contributed by atoms with Crippen LogP contribution in [0, 0.1) is 0 Å². The number of allylic oxidation sites excluding steroid dienone is 4. The van der Waals surface area contributed by atoms with E-state index in [2.05, 4.69) is 37.7 Å². The van der Waals surface area contributed by atoms with Gasteiger partial charge in [-0.3, -0.25) is 0 Å². The first-order valence-corrected chi connectivity index (χ1v) is 6.38. The van der Waals surface area contributed by atoms with Gasteiger partial charge in [-0.2, -0.15) is 0 Å². The van der Waals surface area contributed by atoms with Crippen molar-refractivity contribution in [3.63, 3.8) is 0 Å². The van der Waals surface area contributed by atoms with Gasteiger partial charge >= 0.3 is 5.97 Å². The van der Waals surface area contributed by atoms with Crippen LogP contribution in [-0.4, -0.2) is 17.4 Å². The van der Waals surface area contributed by atoms with Gasteiger partial charge in [-0.05, 0) is 52.5 Å². The summed E-state index contributed by atoms with van der Waals surface area (Å²) in [6.45, 7) is 6.31. The fraction of sp³-hybridized carbons (Fsp3) is 0.533. The zero-order valence-electron chi connectivity index (χ0n) is 11.4. The molecular weight excluding hydrogens is 228 g/mol. The summed E-state index contributed by atoms with van der Waals surface area (Å²) in [7, 11) is 0. The van der Waals surface area contributed by atoms with Crippen molar-refractivity contribution in [2.45, 2.75) is 52.7 Å². The first-order valence-electron chi connectivity index (χ1n) is 6.38. The average molecular weight is 250 g/mol. The lowest BCUT2D eigenvalue weighted by Crippen LogP contribution is -2.06. The number of carbonyl (C=O) groups excluding carboxylic acids is 1. The van der Waals surface area contributed by atoms with Gasteiger partial charge in [0, 0.05) is 5.57 Å². The number of aliphatic hydroxyl groups is 1. The molecule has 1 aliphatic rings. The molecule has 0 amide bonds. The van der Waals surface area contributed by atoms with E-state index < -0.39 is 12.3 Å². The van der Waals surface area contributed by atoms with Crippen LogP contribution in [0.2, 0.25) is 0 Å². The summed E-state index contributed by atoms with van der Waals surface area (Å²) >= 11 is 0. The molecule has 18 heavy (non-hydrogen) atoms. The van der Waals surface area contributed by atoms with E-state index >= 15 is 0 Å². The molecule has 100 valence electrons. The quantitative estimate of drug-likeness (QED) is 0.581. The Kier molecular flexibility index (Phi) is 5.86. The molecule has 1 heterocycles. The molecule has 1 atom stereocenters. The average Bonchev–Trinajstić information content (AvgIpc) is 2.57. The van der Waals surface area contributed by atoms with Crippen LogP contribution in [0.5, 0.6) is 0 Å². The molecule has 0 bridgehead atoms. The van der Waals surface area contributed by atoms with Crippen LogP contribution < -0.4 is 0 Å². The number of hydrogen-bond donors (Lipinski definition) is 1. The summed E-state index contributed by atoms with van der Waals surface area (Å²) in [6.07, 6.45) is 8.38. The first-order chi connectivity index (χ1) is 8.49. The molecule has 0 aromatic rings. The maximum absolute atomic E-state index is 11.2. The Balaban J connectivity index is 2.29. The smallest absolute Gasteiger partial charge is 0.336 e. The maximum Gasteiger partial charge on any atom is 0.336 e. The van der Waals surface area contributed by atoms with Crippen molar-refractivity contribution in [1.82, 2.24) is 0 Å². The highest BCUT2D eigenvalue weighted by atomic mass is 16.6. The van der Waals surface area contributed by atoms with Gasteiger partial charge in [0.25, 0.3) is 0 Å². The van der Waals surface area contributed by atoms with Crippen molar-refractivity contribution in [2.24, 2.45) is 0 Å². The second-order valence-electron chi connectivity index (χ2n) is 4.90. The fourth-order valence-electron chi connectivity index (χ4n) is 1.81. The van der Waals surface area contributed by atoms with Crippen molar-refractivity contribution >= 4 is 5.97 Å². The number of carbonyl (C=O) groups is 1. The largest absolute Gasteiger partial charge is 0.429 e. The van der Waals surface area contributed by atoms with Crippen LogP contribution in [0.25, 0.3) is 0 Å². The molecule has 0 aromatic carbocycles. The zero-order valence-corrected chi connectivity index (χ0v) is 11.4. The van der Waals surface area contributed by atoms with Gasteiger partial charge in [0.15, 0.2) is 0 Å². The van der Waals surface area contributed by atoms with E-state index in [1.54, 1.807) is 0 Å². The van der Waals surface area contributed by atoms with E-state index in [0.29, 0.717) is 12.0 Å². The molecule has 1 rings (SSSR count). The predicted octanol–water partition coefficient (Wildman–Crippen LogP) is 3.26. The van der Waals surface area contributed by atoms with E-state index in [-0.39, 0.29) is 0 Å². The first kappa shape index (κ1) is 14.7. The monoisotopic (exact) mass is 250 g/mol. The van der Waals surface area contributed by atoms with Gasteiger partial charge in [-0.15, -0.1) is 0 Å². The van der Waals surface area contributed by atoms with Gasteiger partial charge in [0.1, 0.15) is 0 Å². The highest BCUT2D eigenvalue weighted by Crippen LogP contribution is 2.18. The molecule has 0 saturated carbocycles. The van der Waals surface area contributed by atoms with E-state index in [1.807, 2.05) is 0 Å². The Morgan fingerprint density at radius 1 is 1.33 bits per heavy atom. The van der Waals surface area contributed by atoms with Crippen LogP contribution in [0.1, 0.15) is 46.5 Å². The summed E-state index contributed by atoms with van der Waals surface area (Å²) in [5.41, 5.74) is 3.26. The number of ether oxygens (including phenoxy) is 1. The van der Waals surface area contributed by atoms with Crippen molar-refractivity contribution in [3.05, 3.63) is 34.9 Å². The van der Waals surface area contributed by atoms with E-state index in [9.17, 15) is 4.79 Å². The lowest BCUT2D eigenvalue weighted by Gasteiger charge is -2.00. The molecule has 0 aromatic heterocycles. The maximum atomic E-state index is 11.2. The summed E-state index contributed by atoms with van der Waals surface area (Å²) in [4.78, 5) is 11.2. The summed E-state index contributed by atoms with van der Waals surface area (Å²) < 4.78 is 4.62. The zero-order chi connectivity index (χ0) is 13.5. The number of esters is 1. The normalized spacial score (nSPS) is 19.6. The number of cyclic esters (lactones) is 1. The topological polar surface area (TPSA) is 46.5 Å². The van der Waals surface area contributed by atoms with Gasteiger partial charge in [-0.25, -0.2) is 4.79 Å². The summed E-state index contributed by atoms with van der Waals surface area (Å²) in [5.74, 6) is -0.391. The third kappa shape index (κ3) is 5.32. The van der Waals surface area contributed by atoms with E-state index in [4.69, 9.17) is 5.11 Å². The van der Waals surface area contributed by atoms with Crippen molar-refractivity contribution < 1.29 is 14.6 Å². The van der Waals surface area contributed by atoms with Gasteiger partial charge in [0.2, 0.25) is 6.29 Å². The SMILES string of the molecule is CC(C)=CCC/C(C)=C/CCC1=C[C@H](O)OC1=O. The molecular formula is C15H22O3. The fourth-order valence-corrected chi connectivity index (χ4v) is 1.81. The minimum atomic E-state index is -1.05. The van der Waals surface area contributed by atoms with Gasteiger partial charge in [-0.1, -0.05) is 23.3 Å². The summed E-state index contributed by atoms with van der Waals surface area (Å²) in [5, 5.41) is 9.11. The number of aliphatic hydroxyl groups excluding tert-OH is 1. The standard InChI is InChI=1S/C15H22O3/c1-11(2)6-4-7-12(3)8-5-9-13-10-14(16)18-15(13)17/h6,8,10,14,16H,4-5,7,9H2,1-3H3/b12-8+/t14-/m1/s1. The molecule has 1 N–H and O–H groups in total. The molecule has 0 saturated heterocycles. The van der Waals surface area contributed by atoms with Crippen LogP contribution in [0.3, 0.4) is 0 Å². The highest BCUT2D eigenvalue weighted by molar-refractivity contribution is 5.90. The third-order valence-electron chi connectivity index (χ3n) is 2.83. The van der Waals surface area contributed by atoms with E-state index in [0.717, 1.165) is 19.3 Å². The Hall–Kier alpha value is -1.35. The van der Waals surface area contributed by atoms with Gasteiger partial charge in [0.05, 0.1) is 0 Å². The number of hydrogen-bond acceptors (Lipinski definition) is 3. The minimum absolute atomic E-state index is 0.391. The second kappa shape index (κ2) is 7.17. The van der Waals surface area contributed by atoms with Crippen LogP contribution in [-0.2, 0) is 9.53 Å². The van der Waals surface area contributed by atoms with Gasteiger partial charge < -0.3 is 9.84 Å². The molecule has 0 unspecified atom stereocenters. The molecule has 0 fully saturated rings. The van der Waals surface area contributed by atoms with Crippen LogP contribution >= 0.6 is 0 Å². The third-order valence-corrected chi connectivity index (χ3v) is 2.83. The second-order valence-corrected chi connectivity index (χ2v) is 4.90. The Morgan fingerprint density at radius 2 is 2.06 bits per heavy atom. The molecule has 3 nitrogen and oxygen atoms in total.